The highest BCUT2D eigenvalue weighted by Gasteiger charge is 1.94. The van der Waals surface area contributed by atoms with Gasteiger partial charge in [-0.15, -0.1) is 0 Å². The van der Waals surface area contributed by atoms with E-state index in [2.05, 4.69) is 53.8 Å². The van der Waals surface area contributed by atoms with Gasteiger partial charge in [0, 0.05) is 4.43 Å². The van der Waals surface area contributed by atoms with E-state index in [1.807, 2.05) is 0 Å². The second-order valence-electron chi connectivity index (χ2n) is 3.28. The lowest BCUT2D eigenvalue weighted by Crippen LogP contribution is -1.96. The third-order valence-corrected chi connectivity index (χ3v) is 2.61. The van der Waals surface area contributed by atoms with Gasteiger partial charge < -0.3 is 4.74 Å². The van der Waals surface area contributed by atoms with Gasteiger partial charge in [0.2, 0.25) is 0 Å². The van der Waals surface area contributed by atoms with Crippen molar-refractivity contribution in [3.63, 3.8) is 0 Å². The molecule has 0 atom stereocenters. The normalized spacial score (nSPS) is 10.1. The molecule has 1 aromatic rings. The Balaban J connectivity index is 2.38. The standard InChI is InChI=1S/C12H17IO/c1-2-3-10-14-12-6-4-11(5-7-12)8-9-13/h4-7H,2-3,8-10H2,1H3. The summed E-state index contributed by atoms with van der Waals surface area (Å²) in [5, 5.41) is 0. The minimum absolute atomic E-state index is 0.835. The SMILES string of the molecule is CCCCOc1ccc(CCI)cc1. The maximum atomic E-state index is 5.58. The summed E-state index contributed by atoms with van der Waals surface area (Å²) in [5.41, 5.74) is 1.39. The Morgan fingerprint density at radius 1 is 1.21 bits per heavy atom. The van der Waals surface area contributed by atoms with E-state index in [9.17, 15) is 0 Å². The van der Waals surface area contributed by atoms with Crippen molar-refractivity contribution in [3.8, 4) is 5.75 Å². The minimum atomic E-state index is 0.835. The van der Waals surface area contributed by atoms with Crippen LogP contribution in [0.4, 0.5) is 0 Å². The molecule has 0 aliphatic carbocycles. The first kappa shape index (κ1) is 11.8. The van der Waals surface area contributed by atoms with Gasteiger partial charge in [-0.25, -0.2) is 0 Å². The Labute approximate surface area is 100.0 Å². The lowest BCUT2D eigenvalue weighted by atomic mass is 10.2. The summed E-state index contributed by atoms with van der Waals surface area (Å²) in [4.78, 5) is 0. The van der Waals surface area contributed by atoms with Crippen molar-refractivity contribution in [1.82, 2.24) is 0 Å². The molecule has 1 rings (SSSR count). The molecule has 1 nitrogen and oxygen atoms in total. The van der Waals surface area contributed by atoms with Crippen LogP contribution in [-0.4, -0.2) is 11.0 Å². The van der Waals surface area contributed by atoms with Crippen molar-refractivity contribution in [3.05, 3.63) is 29.8 Å². The summed E-state index contributed by atoms with van der Waals surface area (Å²) in [6.07, 6.45) is 3.47. The Morgan fingerprint density at radius 2 is 1.93 bits per heavy atom. The van der Waals surface area contributed by atoms with E-state index in [1.54, 1.807) is 0 Å². The van der Waals surface area contributed by atoms with E-state index < -0.39 is 0 Å². The number of alkyl halides is 1. The molecule has 0 fully saturated rings. The van der Waals surface area contributed by atoms with Gasteiger partial charge in [-0.3, -0.25) is 0 Å². The minimum Gasteiger partial charge on any atom is -0.494 e. The van der Waals surface area contributed by atoms with E-state index in [4.69, 9.17) is 4.74 Å². The zero-order chi connectivity index (χ0) is 10.2. The van der Waals surface area contributed by atoms with E-state index in [0.29, 0.717) is 0 Å². The van der Waals surface area contributed by atoms with E-state index in [-0.39, 0.29) is 0 Å². The summed E-state index contributed by atoms with van der Waals surface area (Å²) < 4.78 is 6.75. The van der Waals surface area contributed by atoms with Crippen LogP contribution in [-0.2, 0) is 6.42 Å². The summed E-state index contributed by atoms with van der Waals surface area (Å²) in [6, 6.07) is 8.44. The Hall–Kier alpha value is -0.250. The molecule has 0 aliphatic rings. The van der Waals surface area contributed by atoms with Crippen LogP contribution in [0.5, 0.6) is 5.75 Å². The van der Waals surface area contributed by atoms with Crippen LogP contribution >= 0.6 is 22.6 Å². The van der Waals surface area contributed by atoms with Gasteiger partial charge in [0.1, 0.15) is 5.75 Å². The van der Waals surface area contributed by atoms with Gasteiger partial charge in [0.15, 0.2) is 0 Å². The maximum absolute atomic E-state index is 5.58. The molecule has 1 aromatic carbocycles. The molecule has 0 spiro atoms. The van der Waals surface area contributed by atoms with Crippen molar-refractivity contribution < 1.29 is 4.74 Å². The molecule has 0 aromatic heterocycles. The molecule has 0 radical (unpaired) electrons. The molecule has 78 valence electrons. The number of ether oxygens (including phenoxy) is 1. The van der Waals surface area contributed by atoms with Crippen molar-refractivity contribution in [2.75, 3.05) is 11.0 Å². The number of halogens is 1. The molecule has 2 heteroatoms. The first-order valence-electron chi connectivity index (χ1n) is 5.14. The number of benzene rings is 1. The molecule has 0 aliphatic heterocycles. The summed E-state index contributed by atoms with van der Waals surface area (Å²) >= 11 is 2.40. The monoisotopic (exact) mass is 304 g/mol. The highest BCUT2D eigenvalue weighted by atomic mass is 127. The number of aryl methyl sites for hydroxylation is 1. The molecule has 0 amide bonds. The molecule has 0 N–H and O–H groups in total. The largest absolute Gasteiger partial charge is 0.494 e. The second kappa shape index (κ2) is 7.10. The zero-order valence-electron chi connectivity index (χ0n) is 8.63. The highest BCUT2D eigenvalue weighted by molar-refractivity contribution is 14.1. The Morgan fingerprint density at radius 3 is 2.50 bits per heavy atom. The molecule has 0 saturated carbocycles. The average molecular weight is 304 g/mol. The number of hydrogen-bond acceptors (Lipinski definition) is 1. The predicted octanol–water partition coefficient (Wildman–Crippen LogP) is 3.84. The summed E-state index contributed by atoms with van der Waals surface area (Å²) in [5.74, 6) is 0.996. The third kappa shape index (κ3) is 4.31. The van der Waals surface area contributed by atoms with E-state index in [1.165, 1.54) is 16.4 Å². The van der Waals surface area contributed by atoms with Crippen LogP contribution in [0.2, 0.25) is 0 Å². The molecule has 0 unspecified atom stereocenters. The van der Waals surface area contributed by atoms with Crippen LogP contribution in [0.3, 0.4) is 0 Å². The zero-order valence-corrected chi connectivity index (χ0v) is 10.8. The van der Waals surface area contributed by atoms with Crippen molar-refractivity contribution in [1.29, 1.82) is 0 Å². The third-order valence-electron chi connectivity index (χ3n) is 2.07. The molecule has 0 saturated heterocycles. The van der Waals surface area contributed by atoms with E-state index >= 15 is 0 Å². The van der Waals surface area contributed by atoms with Crippen LogP contribution in [0.15, 0.2) is 24.3 Å². The van der Waals surface area contributed by atoms with Crippen molar-refractivity contribution in [2.24, 2.45) is 0 Å². The first-order valence-corrected chi connectivity index (χ1v) is 6.67. The number of rotatable bonds is 6. The van der Waals surface area contributed by atoms with Gasteiger partial charge >= 0.3 is 0 Å². The van der Waals surface area contributed by atoms with Crippen molar-refractivity contribution >= 4 is 22.6 Å². The Kier molecular flexibility index (Phi) is 5.99. The maximum Gasteiger partial charge on any atom is 0.119 e. The molecule has 0 bridgehead atoms. The van der Waals surface area contributed by atoms with Gasteiger partial charge in [0.25, 0.3) is 0 Å². The fraction of sp³-hybridized carbons (Fsp3) is 0.500. The smallest absolute Gasteiger partial charge is 0.119 e. The highest BCUT2D eigenvalue weighted by Crippen LogP contribution is 2.13. The van der Waals surface area contributed by atoms with Crippen LogP contribution in [0.25, 0.3) is 0 Å². The first-order chi connectivity index (χ1) is 6.86. The van der Waals surface area contributed by atoms with Gasteiger partial charge in [0.05, 0.1) is 6.61 Å². The fourth-order valence-electron chi connectivity index (χ4n) is 1.20. The van der Waals surface area contributed by atoms with Gasteiger partial charge in [-0.2, -0.15) is 0 Å². The van der Waals surface area contributed by atoms with Crippen molar-refractivity contribution in [2.45, 2.75) is 26.2 Å². The van der Waals surface area contributed by atoms with Crippen LogP contribution in [0.1, 0.15) is 25.3 Å². The van der Waals surface area contributed by atoms with Gasteiger partial charge in [-0.1, -0.05) is 48.1 Å². The van der Waals surface area contributed by atoms with Crippen LogP contribution < -0.4 is 4.74 Å². The molecule has 0 heterocycles. The molecular weight excluding hydrogens is 287 g/mol. The molecular formula is C12H17IO. The average Bonchev–Trinajstić information content (AvgIpc) is 2.21. The van der Waals surface area contributed by atoms with Crippen LogP contribution in [0, 0.1) is 0 Å². The predicted molar refractivity (Wildman–Crippen MR) is 69.4 cm³/mol. The lowest BCUT2D eigenvalue weighted by molar-refractivity contribution is 0.309. The number of hydrogen-bond donors (Lipinski definition) is 0. The fourth-order valence-corrected chi connectivity index (χ4v) is 1.82. The Bertz CT molecular complexity index is 243. The summed E-state index contributed by atoms with van der Waals surface area (Å²) in [7, 11) is 0. The number of unbranched alkanes of at least 4 members (excludes halogenated alkanes) is 1. The molecule has 14 heavy (non-hydrogen) atoms. The van der Waals surface area contributed by atoms with Gasteiger partial charge in [-0.05, 0) is 30.5 Å². The lowest BCUT2D eigenvalue weighted by Gasteiger charge is -2.05. The second-order valence-corrected chi connectivity index (χ2v) is 4.36. The van der Waals surface area contributed by atoms with E-state index in [0.717, 1.165) is 25.2 Å². The topological polar surface area (TPSA) is 9.23 Å². The summed E-state index contributed by atoms with van der Waals surface area (Å²) in [6.45, 7) is 3.01. The quantitative estimate of drug-likeness (QED) is 0.441.